The molecule has 0 aliphatic carbocycles. The van der Waals surface area contributed by atoms with Gasteiger partial charge >= 0.3 is 0 Å². The van der Waals surface area contributed by atoms with E-state index in [0.29, 0.717) is 6.54 Å². The Balaban J connectivity index is 1.41. The van der Waals surface area contributed by atoms with Crippen LogP contribution in [0.1, 0.15) is 18.1 Å². The van der Waals surface area contributed by atoms with Crippen LogP contribution in [0.2, 0.25) is 0 Å². The van der Waals surface area contributed by atoms with Gasteiger partial charge in [-0.1, -0.05) is 66.4 Å². The Morgan fingerprint density at radius 1 is 1.07 bits per heavy atom. The van der Waals surface area contributed by atoms with E-state index in [1.807, 2.05) is 36.1 Å². The first-order chi connectivity index (χ1) is 14.7. The number of amides is 1. The van der Waals surface area contributed by atoms with Crippen molar-refractivity contribution in [3.8, 4) is 11.1 Å². The third kappa shape index (κ3) is 3.61. The van der Waals surface area contributed by atoms with E-state index in [1.165, 1.54) is 22.9 Å². The third-order valence-electron chi connectivity index (χ3n) is 5.50. The van der Waals surface area contributed by atoms with Crippen LogP contribution < -0.4 is 0 Å². The summed E-state index contributed by atoms with van der Waals surface area (Å²) in [6.45, 7) is 3.44. The number of carbonyl (C=O) groups excluding carboxylic acids is 1. The SMILES string of the molecule is C[C@@H](Sc1ncnc2scc(-c3ccccc3)c12)C(=O)N1CCc2ccccc2C1. The van der Waals surface area contributed by atoms with Crippen LogP contribution in [0.3, 0.4) is 0 Å². The average molecular weight is 432 g/mol. The first kappa shape index (κ1) is 19.3. The Kier molecular flexibility index (Phi) is 5.27. The molecule has 0 spiro atoms. The number of carbonyl (C=O) groups is 1. The van der Waals surface area contributed by atoms with Crippen molar-refractivity contribution < 1.29 is 4.79 Å². The van der Waals surface area contributed by atoms with Crippen molar-refractivity contribution in [1.29, 1.82) is 0 Å². The van der Waals surface area contributed by atoms with Gasteiger partial charge in [0, 0.05) is 24.0 Å². The van der Waals surface area contributed by atoms with Crippen molar-refractivity contribution in [1.82, 2.24) is 14.9 Å². The molecular weight excluding hydrogens is 410 g/mol. The maximum Gasteiger partial charge on any atom is 0.236 e. The Morgan fingerprint density at radius 3 is 2.67 bits per heavy atom. The van der Waals surface area contributed by atoms with Gasteiger partial charge in [-0.15, -0.1) is 11.3 Å². The van der Waals surface area contributed by atoms with E-state index >= 15 is 0 Å². The summed E-state index contributed by atoms with van der Waals surface area (Å²) >= 11 is 3.15. The van der Waals surface area contributed by atoms with Crippen LogP contribution >= 0.6 is 23.1 Å². The van der Waals surface area contributed by atoms with E-state index in [0.717, 1.165) is 39.3 Å². The molecule has 0 bridgehead atoms. The standard InChI is InChI=1S/C24H21N3OS2/c1-16(24(28)27-12-11-17-7-5-6-10-19(17)13-27)30-23-21-20(18-8-3-2-4-9-18)14-29-22(21)25-15-26-23/h2-10,14-16H,11-13H2,1H3/t16-/m1/s1. The molecule has 5 rings (SSSR count). The molecule has 4 aromatic rings. The van der Waals surface area contributed by atoms with E-state index < -0.39 is 0 Å². The Labute approximate surface area is 184 Å². The fraction of sp³-hybridized carbons (Fsp3) is 0.208. The highest BCUT2D eigenvalue weighted by atomic mass is 32.2. The van der Waals surface area contributed by atoms with Crippen LogP contribution in [0.25, 0.3) is 21.3 Å². The van der Waals surface area contributed by atoms with Crippen LogP contribution in [0, 0.1) is 0 Å². The predicted octanol–water partition coefficient (Wildman–Crippen LogP) is 5.42. The number of hydrogen-bond donors (Lipinski definition) is 0. The van der Waals surface area contributed by atoms with Crippen molar-refractivity contribution in [2.75, 3.05) is 6.54 Å². The lowest BCUT2D eigenvalue weighted by atomic mass is 10.00. The number of thioether (sulfide) groups is 1. The quantitative estimate of drug-likeness (QED) is 0.320. The number of nitrogens with zero attached hydrogens (tertiary/aromatic N) is 3. The fourth-order valence-corrected chi connectivity index (χ4v) is 5.92. The largest absolute Gasteiger partial charge is 0.337 e. The van der Waals surface area contributed by atoms with Gasteiger partial charge in [0.05, 0.1) is 10.6 Å². The minimum atomic E-state index is -0.211. The Morgan fingerprint density at radius 2 is 1.83 bits per heavy atom. The predicted molar refractivity (Wildman–Crippen MR) is 124 cm³/mol. The highest BCUT2D eigenvalue weighted by Crippen LogP contribution is 2.39. The first-order valence-corrected chi connectivity index (χ1v) is 11.8. The lowest BCUT2D eigenvalue weighted by Gasteiger charge is -2.30. The summed E-state index contributed by atoms with van der Waals surface area (Å²) in [7, 11) is 0. The monoisotopic (exact) mass is 431 g/mol. The summed E-state index contributed by atoms with van der Waals surface area (Å²) in [6, 6.07) is 18.7. The molecule has 1 amide bonds. The third-order valence-corrected chi connectivity index (χ3v) is 7.47. The van der Waals surface area contributed by atoms with E-state index in [9.17, 15) is 4.79 Å². The molecule has 2 aromatic carbocycles. The average Bonchev–Trinajstić information content (AvgIpc) is 3.24. The minimum Gasteiger partial charge on any atom is -0.337 e. The summed E-state index contributed by atoms with van der Waals surface area (Å²) in [5, 5.41) is 3.84. The topological polar surface area (TPSA) is 46.1 Å². The molecule has 0 N–H and O–H groups in total. The number of fused-ring (bicyclic) bond motifs is 2. The molecule has 1 aliphatic heterocycles. The maximum atomic E-state index is 13.2. The molecule has 3 heterocycles. The van der Waals surface area contributed by atoms with Crippen molar-refractivity contribution in [3.63, 3.8) is 0 Å². The maximum absolute atomic E-state index is 13.2. The van der Waals surface area contributed by atoms with E-state index in [-0.39, 0.29) is 11.2 Å². The zero-order valence-corrected chi connectivity index (χ0v) is 18.2. The minimum absolute atomic E-state index is 0.165. The highest BCUT2D eigenvalue weighted by molar-refractivity contribution is 8.00. The van der Waals surface area contributed by atoms with Gasteiger partial charge in [0.25, 0.3) is 0 Å². The lowest BCUT2D eigenvalue weighted by molar-refractivity contribution is -0.131. The normalized spacial score (nSPS) is 14.5. The molecule has 0 saturated carbocycles. The molecule has 4 nitrogen and oxygen atoms in total. The molecule has 0 unspecified atom stereocenters. The van der Waals surface area contributed by atoms with Crippen molar-refractivity contribution in [2.24, 2.45) is 0 Å². The van der Waals surface area contributed by atoms with Gasteiger partial charge in [-0.25, -0.2) is 9.97 Å². The second-order valence-corrected chi connectivity index (χ2v) is 9.60. The summed E-state index contributed by atoms with van der Waals surface area (Å²) in [5.74, 6) is 0.165. The van der Waals surface area contributed by atoms with Crippen molar-refractivity contribution in [3.05, 3.63) is 77.4 Å². The number of thiophene rings is 1. The van der Waals surface area contributed by atoms with Crippen LogP contribution in [0.5, 0.6) is 0 Å². The molecule has 0 saturated heterocycles. The van der Waals surface area contributed by atoms with Gasteiger partial charge in [-0.3, -0.25) is 4.79 Å². The fourth-order valence-electron chi connectivity index (χ4n) is 3.93. The second kappa shape index (κ2) is 8.20. The number of hydrogen-bond acceptors (Lipinski definition) is 5. The summed E-state index contributed by atoms with van der Waals surface area (Å²) in [5.41, 5.74) is 4.88. The molecule has 0 fully saturated rings. The lowest BCUT2D eigenvalue weighted by Crippen LogP contribution is -2.40. The zero-order valence-electron chi connectivity index (χ0n) is 16.6. The molecule has 2 aromatic heterocycles. The van der Waals surface area contributed by atoms with Gasteiger partial charge < -0.3 is 4.90 Å². The van der Waals surface area contributed by atoms with E-state index in [2.05, 4.69) is 45.7 Å². The highest BCUT2D eigenvalue weighted by Gasteiger charge is 2.26. The summed E-state index contributed by atoms with van der Waals surface area (Å²) in [4.78, 5) is 25.1. The molecule has 1 atom stereocenters. The van der Waals surface area contributed by atoms with Gasteiger partial charge in [0.1, 0.15) is 16.2 Å². The van der Waals surface area contributed by atoms with Gasteiger partial charge in [-0.2, -0.15) is 0 Å². The van der Waals surface area contributed by atoms with Crippen LogP contribution in [0.4, 0.5) is 0 Å². The van der Waals surface area contributed by atoms with E-state index in [1.54, 1.807) is 17.7 Å². The van der Waals surface area contributed by atoms with Crippen molar-refractivity contribution >= 4 is 39.2 Å². The van der Waals surface area contributed by atoms with E-state index in [4.69, 9.17) is 0 Å². The second-order valence-electron chi connectivity index (χ2n) is 7.41. The van der Waals surface area contributed by atoms with Crippen LogP contribution in [0.15, 0.2) is 71.3 Å². The molecule has 0 radical (unpaired) electrons. The number of aromatic nitrogens is 2. The molecule has 30 heavy (non-hydrogen) atoms. The van der Waals surface area contributed by atoms with Crippen LogP contribution in [-0.4, -0.2) is 32.6 Å². The summed E-state index contributed by atoms with van der Waals surface area (Å²) < 4.78 is 0. The smallest absolute Gasteiger partial charge is 0.236 e. The zero-order chi connectivity index (χ0) is 20.5. The summed E-state index contributed by atoms with van der Waals surface area (Å²) in [6.07, 6.45) is 2.52. The Hall–Kier alpha value is -2.70. The number of benzene rings is 2. The molecule has 6 heteroatoms. The first-order valence-electron chi connectivity index (χ1n) is 10.0. The molecule has 150 valence electrons. The van der Waals surface area contributed by atoms with Crippen LogP contribution in [-0.2, 0) is 17.8 Å². The van der Waals surface area contributed by atoms with Crippen molar-refractivity contribution in [2.45, 2.75) is 30.2 Å². The van der Waals surface area contributed by atoms with Gasteiger partial charge in [-0.05, 0) is 30.0 Å². The number of rotatable bonds is 4. The molecular formula is C24H21N3OS2. The van der Waals surface area contributed by atoms with Gasteiger partial charge in [0.15, 0.2) is 0 Å². The van der Waals surface area contributed by atoms with Gasteiger partial charge in [0.2, 0.25) is 5.91 Å². The Bertz CT molecular complexity index is 1210. The molecule has 1 aliphatic rings.